The zero-order valence-electron chi connectivity index (χ0n) is 8.22. The number of hydrogen-bond acceptors (Lipinski definition) is 4. The van der Waals surface area contributed by atoms with Crippen LogP contribution in [0.1, 0.15) is 15.2 Å². The predicted octanol–water partition coefficient (Wildman–Crippen LogP) is 3.15. The molecule has 0 amide bonds. The Labute approximate surface area is 102 Å². The Morgan fingerprint density at radius 3 is 3.06 bits per heavy atom. The quantitative estimate of drug-likeness (QED) is 0.789. The molecule has 0 aliphatic heterocycles. The third-order valence-electron chi connectivity index (χ3n) is 1.91. The van der Waals surface area contributed by atoms with E-state index in [4.69, 9.17) is 16.3 Å². The molecule has 0 N–H and O–H groups in total. The van der Waals surface area contributed by atoms with Crippen molar-refractivity contribution in [2.24, 2.45) is 0 Å². The average Bonchev–Trinajstić information content (AvgIpc) is 2.79. The smallest absolute Gasteiger partial charge is 0.341 e. The number of carbonyl (C=O) groups excluding carboxylic acids is 1. The van der Waals surface area contributed by atoms with Gasteiger partial charge in [-0.2, -0.15) is 0 Å². The lowest BCUT2D eigenvalue weighted by molar-refractivity contribution is 0.0476. The van der Waals surface area contributed by atoms with Crippen molar-refractivity contribution in [3.8, 4) is 0 Å². The summed E-state index contributed by atoms with van der Waals surface area (Å²) in [6.45, 7) is 0.266. The van der Waals surface area contributed by atoms with Crippen LogP contribution in [-0.2, 0) is 11.3 Å². The molecule has 5 heteroatoms. The Hall–Kier alpha value is -1.39. The van der Waals surface area contributed by atoms with Crippen LogP contribution in [0.25, 0.3) is 0 Å². The van der Waals surface area contributed by atoms with E-state index in [1.165, 1.54) is 23.7 Å². The van der Waals surface area contributed by atoms with Crippen molar-refractivity contribution in [2.75, 3.05) is 0 Å². The molecule has 0 unspecified atom stereocenters. The maximum atomic E-state index is 11.6. The normalized spacial score (nSPS) is 10.1. The van der Waals surface area contributed by atoms with Gasteiger partial charge in [-0.1, -0.05) is 17.7 Å². The Bertz CT molecular complexity index is 484. The van der Waals surface area contributed by atoms with Gasteiger partial charge in [-0.3, -0.25) is 4.98 Å². The van der Waals surface area contributed by atoms with Crippen molar-refractivity contribution in [3.05, 3.63) is 51.4 Å². The number of thiophene rings is 1. The van der Waals surface area contributed by atoms with Crippen molar-refractivity contribution in [3.63, 3.8) is 0 Å². The molecule has 3 nitrogen and oxygen atoms in total. The van der Waals surface area contributed by atoms with Crippen LogP contribution < -0.4 is 0 Å². The predicted molar refractivity (Wildman–Crippen MR) is 62.7 cm³/mol. The second-order valence-corrected chi connectivity index (χ2v) is 4.45. The summed E-state index contributed by atoms with van der Waals surface area (Å²) in [5.74, 6) is -0.452. The molecule has 2 heterocycles. The summed E-state index contributed by atoms with van der Waals surface area (Å²) in [6, 6.07) is 5.37. The fraction of sp³-hybridized carbons (Fsp3) is 0.0909. The second-order valence-electron chi connectivity index (χ2n) is 3.01. The van der Waals surface area contributed by atoms with Crippen LogP contribution in [0, 0.1) is 0 Å². The van der Waals surface area contributed by atoms with Gasteiger partial charge in [-0.25, -0.2) is 4.79 Å². The molecule has 16 heavy (non-hydrogen) atoms. The molecule has 2 aromatic rings. The van der Waals surface area contributed by atoms with Gasteiger partial charge in [-0.05, 0) is 17.5 Å². The second kappa shape index (κ2) is 5.09. The van der Waals surface area contributed by atoms with Gasteiger partial charge in [0, 0.05) is 17.3 Å². The van der Waals surface area contributed by atoms with Gasteiger partial charge in [0.2, 0.25) is 0 Å². The Kier molecular flexibility index (Phi) is 3.54. The molecule has 0 saturated heterocycles. The van der Waals surface area contributed by atoms with Crippen LogP contribution in [-0.4, -0.2) is 11.0 Å². The molecule has 82 valence electrons. The maximum Gasteiger partial charge on any atom is 0.341 e. The molecule has 0 saturated carbocycles. The molecule has 2 aromatic heterocycles. The Morgan fingerprint density at radius 2 is 2.38 bits per heavy atom. The maximum absolute atomic E-state index is 11.6. The number of ether oxygens (including phenoxy) is 1. The molecule has 0 fully saturated rings. The van der Waals surface area contributed by atoms with Gasteiger partial charge >= 0.3 is 5.97 Å². The summed E-state index contributed by atoms with van der Waals surface area (Å²) in [4.78, 5) is 16.4. The number of hydrogen-bond donors (Lipinski definition) is 0. The van der Waals surface area contributed by atoms with Crippen LogP contribution in [0.2, 0.25) is 5.02 Å². The highest BCUT2D eigenvalue weighted by molar-refractivity contribution is 7.09. The zero-order valence-corrected chi connectivity index (χ0v) is 9.79. The van der Waals surface area contributed by atoms with E-state index in [1.54, 1.807) is 6.07 Å². The standard InChI is InChI=1S/C11H8ClNO2S/c12-10-3-4-13-6-9(10)11(14)15-7-8-2-1-5-16-8/h1-6H,7H2. The summed E-state index contributed by atoms with van der Waals surface area (Å²) in [7, 11) is 0. The van der Waals surface area contributed by atoms with E-state index < -0.39 is 5.97 Å². The van der Waals surface area contributed by atoms with E-state index in [9.17, 15) is 4.79 Å². The first-order valence-corrected chi connectivity index (χ1v) is 5.82. The highest BCUT2D eigenvalue weighted by atomic mass is 35.5. The summed E-state index contributed by atoms with van der Waals surface area (Å²) < 4.78 is 5.10. The van der Waals surface area contributed by atoms with Crippen LogP contribution in [0.5, 0.6) is 0 Å². The van der Waals surface area contributed by atoms with Gasteiger partial charge < -0.3 is 4.74 Å². The molecule has 0 bridgehead atoms. The minimum absolute atomic E-state index is 0.266. The monoisotopic (exact) mass is 253 g/mol. The first-order chi connectivity index (χ1) is 7.77. The minimum atomic E-state index is -0.452. The number of pyridine rings is 1. The van der Waals surface area contributed by atoms with Gasteiger partial charge in [0.1, 0.15) is 6.61 Å². The number of carbonyl (C=O) groups is 1. The molecule has 0 atom stereocenters. The fourth-order valence-electron chi connectivity index (χ4n) is 1.14. The van der Waals surface area contributed by atoms with Crippen LogP contribution in [0.3, 0.4) is 0 Å². The van der Waals surface area contributed by atoms with Gasteiger partial charge in [0.05, 0.1) is 10.6 Å². The SMILES string of the molecule is O=C(OCc1cccs1)c1cnccc1Cl. The fourth-order valence-corrected chi connectivity index (χ4v) is 1.94. The highest BCUT2D eigenvalue weighted by Crippen LogP contribution is 2.16. The molecule has 0 aromatic carbocycles. The average molecular weight is 254 g/mol. The third kappa shape index (κ3) is 2.59. The molecular formula is C11H8ClNO2S. The number of halogens is 1. The minimum Gasteiger partial charge on any atom is -0.456 e. The summed E-state index contributed by atoms with van der Waals surface area (Å²) in [6.07, 6.45) is 2.93. The molecule has 0 spiro atoms. The Morgan fingerprint density at radius 1 is 1.50 bits per heavy atom. The van der Waals surface area contributed by atoms with Gasteiger partial charge in [0.15, 0.2) is 0 Å². The van der Waals surface area contributed by atoms with Crippen molar-refractivity contribution in [1.29, 1.82) is 0 Å². The van der Waals surface area contributed by atoms with E-state index in [0.29, 0.717) is 10.6 Å². The molecule has 0 radical (unpaired) electrons. The van der Waals surface area contributed by atoms with E-state index in [1.807, 2.05) is 17.5 Å². The number of nitrogens with zero attached hydrogens (tertiary/aromatic N) is 1. The van der Waals surface area contributed by atoms with Crippen LogP contribution in [0.4, 0.5) is 0 Å². The topological polar surface area (TPSA) is 39.2 Å². The van der Waals surface area contributed by atoms with Crippen molar-refractivity contribution >= 4 is 28.9 Å². The zero-order chi connectivity index (χ0) is 11.4. The van der Waals surface area contributed by atoms with Crippen molar-refractivity contribution in [1.82, 2.24) is 4.98 Å². The first-order valence-electron chi connectivity index (χ1n) is 4.56. The van der Waals surface area contributed by atoms with E-state index in [2.05, 4.69) is 4.98 Å². The van der Waals surface area contributed by atoms with E-state index >= 15 is 0 Å². The molecular weight excluding hydrogens is 246 g/mol. The van der Waals surface area contributed by atoms with Crippen LogP contribution in [0.15, 0.2) is 36.0 Å². The van der Waals surface area contributed by atoms with Crippen LogP contribution >= 0.6 is 22.9 Å². The van der Waals surface area contributed by atoms with Crippen molar-refractivity contribution < 1.29 is 9.53 Å². The highest BCUT2D eigenvalue weighted by Gasteiger charge is 2.11. The lowest BCUT2D eigenvalue weighted by Gasteiger charge is -2.03. The largest absolute Gasteiger partial charge is 0.456 e. The lowest BCUT2D eigenvalue weighted by atomic mass is 10.3. The van der Waals surface area contributed by atoms with Gasteiger partial charge in [-0.15, -0.1) is 11.3 Å². The van der Waals surface area contributed by atoms with E-state index in [0.717, 1.165) is 4.88 Å². The summed E-state index contributed by atoms with van der Waals surface area (Å²) >= 11 is 7.38. The molecule has 2 rings (SSSR count). The number of esters is 1. The van der Waals surface area contributed by atoms with Gasteiger partial charge in [0.25, 0.3) is 0 Å². The van der Waals surface area contributed by atoms with E-state index in [-0.39, 0.29) is 6.61 Å². The lowest BCUT2D eigenvalue weighted by Crippen LogP contribution is -2.05. The number of rotatable bonds is 3. The third-order valence-corrected chi connectivity index (χ3v) is 3.09. The molecule has 0 aliphatic carbocycles. The molecule has 0 aliphatic rings. The summed E-state index contributed by atoms with van der Waals surface area (Å²) in [5, 5.41) is 2.28. The summed E-state index contributed by atoms with van der Waals surface area (Å²) in [5.41, 5.74) is 0.292. The number of aromatic nitrogens is 1. The van der Waals surface area contributed by atoms with Crippen molar-refractivity contribution in [2.45, 2.75) is 6.61 Å². The Balaban J connectivity index is 2.01. The first kappa shape index (κ1) is 11.1.